The van der Waals surface area contributed by atoms with Crippen molar-refractivity contribution in [2.45, 2.75) is 89.6 Å². The van der Waals surface area contributed by atoms with Gasteiger partial charge in [0.25, 0.3) is 0 Å². The topological polar surface area (TPSA) is 207 Å². The lowest BCUT2D eigenvalue weighted by Gasteiger charge is -2.39. The van der Waals surface area contributed by atoms with Gasteiger partial charge in [0.1, 0.15) is 29.0 Å². The van der Waals surface area contributed by atoms with E-state index in [0.717, 1.165) is 11.1 Å². The zero-order valence-electron chi connectivity index (χ0n) is 35.0. The number of halogens is 1. The van der Waals surface area contributed by atoms with Gasteiger partial charge in [-0.3, -0.25) is 19.2 Å². The molecule has 0 aromatic heterocycles. The molecule has 0 aliphatic carbocycles. The molecule has 60 heavy (non-hydrogen) atoms. The number of nitrogens with zero attached hydrogens (tertiary/aromatic N) is 3. The van der Waals surface area contributed by atoms with Crippen LogP contribution in [-0.4, -0.2) is 85.0 Å². The third-order valence-electron chi connectivity index (χ3n) is 11.6. The molecule has 0 radical (unpaired) electrons. The van der Waals surface area contributed by atoms with Gasteiger partial charge in [-0.1, -0.05) is 76.2 Å². The van der Waals surface area contributed by atoms with Crippen LogP contribution in [0.25, 0.3) is 0 Å². The average molecular weight is 830 g/mol. The number of anilines is 1. The largest absolute Gasteiger partial charge is 0.453 e. The van der Waals surface area contributed by atoms with Gasteiger partial charge in [-0.05, 0) is 84.0 Å². The Morgan fingerprint density at radius 3 is 1.43 bits per heavy atom. The maximum Gasteiger partial charge on any atom is 0.407 e. The second-order valence-electron chi connectivity index (χ2n) is 16.1. The van der Waals surface area contributed by atoms with Crippen molar-refractivity contribution in [1.29, 1.82) is 0 Å². The van der Waals surface area contributed by atoms with Crippen molar-refractivity contribution >= 4 is 41.5 Å². The first kappa shape index (κ1) is 44.9. The Balaban J connectivity index is 1.51. The molecular weight excluding hydrogens is 774 g/mol. The quantitative estimate of drug-likeness (QED) is 0.171. The van der Waals surface area contributed by atoms with Gasteiger partial charge in [-0.15, -0.1) is 0 Å². The Morgan fingerprint density at radius 2 is 1.08 bits per heavy atom. The van der Waals surface area contributed by atoms with Gasteiger partial charge in [0.15, 0.2) is 0 Å². The molecule has 15 nitrogen and oxygen atoms in total. The zero-order valence-corrected chi connectivity index (χ0v) is 35.0. The van der Waals surface area contributed by atoms with Crippen molar-refractivity contribution in [1.82, 2.24) is 20.4 Å². The van der Waals surface area contributed by atoms with Crippen molar-refractivity contribution in [2.24, 2.45) is 23.3 Å². The van der Waals surface area contributed by atoms with E-state index in [1.54, 1.807) is 64.1 Å². The molecular formula is C44H56FN7O8. The number of rotatable bonds is 15. The van der Waals surface area contributed by atoms with E-state index < -0.39 is 64.8 Å². The monoisotopic (exact) mass is 829 g/mol. The Morgan fingerprint density at radius 1 is 0.683 bits per heavy atom. The molecule has 0 bridgehead atoms. The number of hydrogen-bond donors (Lipinski definition) is 4. The highest BCUT2D eigenvalue weighted by molar-refractivity contribution is 5.96. The van der Waals surface area contributed by atoms with Crippen molar-refractivity contribution < 1.29 is 42.6 Å². The summed E-state index contributed by atoms with van der Waals surface area (Å²) in [6.07, 6.45) is -0.0118. The molecule has 6 amide bonds. The van der Waals surface area contributed by atoms with E-state index >= 15 is 0 Å². The molecule has 3 aromatic rings. The van der Waals surface area contributed by atoms with Crippen molar-refractivity contribution in [3.05, 3.63) is 101 Å². The minimum atomic E-state index is -1.50. The number of ether oxygens (including phenoxy) is 2. The van der Waals surface area contributed by atoms with Crippen molar-refractivity contribution in [2.75, 3.05) is 32.2 Å². The summed E-state index contributed by atoms with van der Waals surface area (Å²) in [5, 5.41) is 5.21. The summed E-state index contributed by atoms with van der Waals surface area (Å²) in [5.74, 6) is -3.40. The number of nitrogens with one attached hydrogen (secondary N) is 2. The standard InChI is InChI=1S/C44H56FN7O8/c1-27(2)35(48-41(57)59-5)37(53)51-21-9-19-43(51,39(46)55)31-13-7-11-29(23-31)25-50(34-17-15-33(45)16-18-34)26-30-12-8-14-32(24-30)44(40(47)56)20-10-22-52(44)38(54)36(28(3)4)49-42(58)60-6/h7-8,11-18,23-24,27-28,35-36H,9-10,19-22,25-26H2,1-6H3,(H2,46,55)(H2,47,56)(H,48,57)(H,49,58)/t35-,36-,43-,44-/m0/s1. The van der Waals surface area contributed by atoms with Crippen molar-refractivity contribution in [3.63, 3.8) is 0 Å². The highest BCUT2D eigenvalue weighted by Crippen LogP contribution is 2.42. The first-order chi connectivity index (χ1) is 28.5. The number of benzene rings is 3. The molecule has 2 fully saturated rings. The molecule has 2 saturated heterocycles. The number of likely N-dealkylation sites (tertiary alicyclic amines) is 2. The predicted octanol–water partition coefficient (Wildman–Crippen LogP) is 4.40. The van der Waals surface area contributed by atoms with Gasteiger partial charge in [0.2, 0.25) is 23.6 Å². The zero-order chi connectivity index (χ0) is 43.9. The lowest BCUT2D eigenvalue weighted by molar-refractivity contribution is -0.146. The molecule has 2 aliphatic rings. The molecule has 322 valence electrons. The fraction of sp³-hybridized carbons (Fsp3) is 0.455. The van der Waals surface area contributed by atoms with E-state index in [-0.39, 0.29) is 50.9 Å². The van der Waals surface area contributed by atoms with Gasteiger partial charge < -0.3 is 46.3 Å². The number of hydrogen-bond acceptors (Lipinski definition) is 9. The molecule has 2 heterocycles. The van der Waals surface area contributed by atoms with Gasteiger partial charge in [-0.25, -0.2) is 14.0 Å². The second kappa shape index (κ2) is 18.8. The summed E-state index contributed by atoms with van der Waals surface area (Å²) in [7, 11) is 2.41. The van der Waals surface area contributed by atoms with E-state index in [1.807, 2.05) is 29.2 Å². The van der Waals surface area contributed by atoms with Crippen LogP contribution in [0.3, 0.4) is 0 Å². The van der Waals surface area contributed by atoms with Crippen LogP contribution in [0.5, 0.6) is 0 Å². The summed E-state index contributed by atoms with van der Waals surface area (Å²) < 4.78 is 23.8. The van der Waals surface area contributed by atoms with Crippen LogP contribution in [0.4, 0.5) is 19.7 Å². The van der Waals surface area contributed by atoms with Crippen molar-refractivity contribution in [3.8, 4) is 0 Å². The molecule has 3 aromatic carbocycles. The SMILES string of the molecule is COC(=O)N[C@H](C(=O)N1CCC[C@@]1(C(N)=O)c1cccc(CN(Cc2cccc([C@]3(C(N)=O)CCCN3C(=O)[C@@H](NC(=O)OC)C(C)C)c2)c2ccc(F)cc2)c1)C(C)C. The summed E-state index contributed by atoms with van der Waals surface area (Å²) in [6, 6.07) is 18.5. The third-order valence-corrected chi connectivity index (χ3v) is 11.6. The number of methoxy groups -OCH3 is 2. The fourth-order valence-corrected chi connectivity index (χ4v) is 8.55. The predicted molar refractivity (Wildman–Crippen MR) is 221 cm³/mol. The molecule has 0 saturated carbocycles. The Bertz CT molecular complexity index is 1960. The highest BCUT2D eigenvalue weighted by Gasteiger charge is 2.53. The molecule has 16 heteroatoms. The molecule has 5 rings (SSSR count). The number of primary amides is 2. The van der Waals surface area contributed by atoms with Gasteiger partial charge in [-0.2, -0.15) is 0 Å². The fourth-order valence-electron chi connectivity index (χ4n) is 8.55. The van der Waals surface area contributed by atoms with Crippen LogP contribution in [0.15, 0.2) is 72.8 Å². The summed E-state index contributed by atoms with van der Waals surface area (Å²) in [4.78, 5) is 84.6. The maximum absolute atomic E-state index is 14.3. The maximum atomic E-state index is 14.3. The molecule has 2 aliphatic heterocycles. The summed E-state index contributed by atoms with van der Waals surface area (Å²) in [6.45, 7) is 8.13. The van der Waals surface area contributed by atoms with Crippen LogP contribution in [0.1, 0.15) is 75.6 Å². The first-order valence-corrected chi connectivity index (χ1v) is 20.1. The van der Waals surface area contributed by atoms with E-state index in [2.05, 4.69) is 10.6 Å². The number of alkyl carbamates (subject to hydrolysis) is 2. The number of carbonyl (C=O) groups excluding carboxylic acids is 6. The minimum Gasteiger partial charge on any atom is -0.453 e. The van der Waals surface area contributed by atoms with E-state index in [1.165, 1.54) is 36.2 Å². The van der Waals surface area contributed by atoms with Crippen LogP contribution >= 0.6 is 0 Å². The van der Waals surface area contributed by atoms with Gasteiger partial charge in [0.05, 0.1) is 14.2 Å². The smallest absolute Gasteiger partial charge is 0.407 e. The van der Waals surface area contributed by atoms with Gasteiger partial charge >= 0.3 is 12.2 Å². The van der Waals surface area contributed by atoms with Gasteiger partial charge in [0, 0.05) is 31.9 Å². The Kier molecular flexibility index (Phi) is 14.1. The summed E-state index contributed by atoms with van der Waals surface area (Å²) >= 11 is 0. The van der Waals surface area contributed by atoms with Crippen LogP contribution in [0, 0.1) is 17.7 Å². The molecule has 4 atom stereocenters. The number of amides is 6. The molecule has 6 N–H and O–H groups in total. The van der Waals surface area contributed by atoms with Crippen LogP contribution in [0.2, 0.25) is 0 Å². The molecule has 0 unspecified atom stereocenters. The average Bonchev–Trinajstić information content (AvgIpc) is 3.89. The number of nitrogens with two attached hydrogens (primary N) is 2. The Hall–Kier alpha value is -6.19. The Labute approximate surface area is 349 Å². The van der Waals surface area contributed by atoms with E-state index in [9.17, 15) is 33.2 Å². The minimum absolute atomic E-state index is 0.242. The normalized spacial score (nSPS) is 19.8. The van der Waals surface area contributed by atoms with E-state index in [0.29, 0.717) is 29.7 Å². The molecule has 0 spiro atoms. The van der Waals surface area contributed by atoms with Crippen LogP contribution in [-0.2, 0) is 52.8 Å². The lowest BCUT2D eigenvalue weighted by Crippen LogP contribution is -2.59. The highest BCUT2D eigenvalue weighted by atomic mass is 19.1. The lowest BCUT2D eigenvalue weighted by atomic mass is 9.84. The second-order valence-corrected chi connectivity index (χ2v) is 16.1. The first-order valence-electron chi connectivity index (χ1n) is 20.1. The van der Waals surface area contributed by atoms with Crippen LogP contribution < -0.4 is 27.0 Å². The number of carbonyl (C=O) groups is 6. The third kappa shape index (κ3) is 9.01. The van der Waals surface area contributed by atoms with E-state index in [4.69, 9.17) is 20.9 Å². The summed E-state index contributed by atoms with van der Waals surface area (Å²) in [5.41, 5.74) is 12.5.